The summed E-state index contributed by atoms with van der Waals surface area (Å²) in [6.45, 7) is 3.21. The van der Waals surface area contributed by atoms with Crippen molar-refractivity contribution >= 4 is 6.21 Å². The summed E-state index contributed by atoms with van der Waals surface area (Å²) >= 11 is 0. The number of oxime groups is 1. The van der Waals surface area contributed by atoms with Crippen molar-refractivity contribution in [2.45, 2.75) is 45.7 Å². The van der Waals surface area contributed by atoms with Crippen LogP contribution in [0.2, 0.25) is 0 Å². The summed E-state index contributed by atoms with van der Waals surface area (Å²) in [6.07, 6.45) is 8.71. The van der Waals surface area contributed by atoms with Gasteiger partial charge in [0.1, 0.15) is 6.21 Å². The van der Waals surface area contributed by atoms with Crippen molar-refractivity contribution in [3.05, 3.63) is 50.8 Å². The lowest BCUT2D eigenvalue weighted by atomic mass is 10.2. The van der Waals surface area contributed by atoms with Crippen LogP contribution in [0.15, 0.2) is 33.2 Å². The molecular weight excluding hydrogens is 310 g/mol. The summed E-state index contributed by atoms with van der Waals surface area (Å²) in [4.78, 5) is 27.7. The third kappa shape index (κ3) is 4.21. The minimum atomic E-state index is -0.267. The molecule has 0 atom stereocenters. The van der Waals surface area contributed by atoms with Gasteiger partial charge in [-0.15, -0.1) is 0 Å². The number of hydrogen-bond donors (Lipinski definition) is 1. The van der Waals surface area contributed by atoms with Crippen LogP contribution in [-0.2, 0) is 20.1 Å². The zero-order valence-corrected chi connectivity index (χ0v) is 14.1. The maximum Gasteiger partial charge on any atom is 0.330 e. The van der Waals surface area contributed by atoms with Crippen LogP contribution in [-0.4, -0.2) is 30.1 Å². The molecule has 0 saturated carbocycles. The predicted octanol–water partition coefficient (Wildman–Crippen LogP) is 1.12. The summed E-state index contributed by atoms with van der Waals surface area (Å²) in [5.74, 6) is 0.630. The van der Waals surface area contributed by atoms with Crippen molar-refractivity contribution in [1.82, 2.24) is 18.7 Å². The van der Waals surface area contributed by atoms with E-state index in [1.165, 1.54) is 19.3 Å². The number of imidazole rings is 1. The van der Waals surface area contributed by atoms with Gasteiger partial charge in [0.05, 0.1) is 0 Å². The molecule has 24 heavy (non-hydrogen) atoms. The quantitative estimate of drug-likeness (QED) is 0.339. The Morgan fingerprint density at radius 2 is 1.92 bits per heavy atom. The molecule has 0 saturated heterocycles. The first-order valence-corrected chi connectivity index (χ1v) is 8.00. The van der Waals surface area contributed by atoms with E-state index in [9.17, 15) is 9.59 Å². The second-order valence-corrected chi connectivity index (χ2v) is 5.75. The molecule has 0 amide bonds. The number of rotatable bonds is 8. The molecule has 8 nitrogen and oxygen atoms in total. The van der Waals surface area contributed by atoms with E-state index >= 15 is 0 Å². The summed E-state index contributed by atoms with van der Waals surface area (Å²) < 4.78 is 4.71. The molecular formula is C16H23N5O3. The fraction of sp³-hybridized carbons (Fsp3) is 0.500. The van der Waals surface area contributed by atoms with Gasteiger partial charge in [-0.25, -0.2) is 9.78 Å². The molecule has 0 aliphatic heterocycles. The Balaban J connectivity index is 1.78. The highest BCUT2D eigenvalue weighted by atomic mass is 16.4. The molecule has 0 fully saturated rings. The number of aryl methyl sites for hydroxylation is 2. The van der Waals surface area contributed by atoms with Gasteiger partial charge in [-0.05, 0) is 19.8 Å². The van der Waals surface area contributed by atoms with Crippen LogP contribution in [0.25, 0.3) is 0 Å². The molecule has 0 aliphatic carbocycles. The van der Waals surface area contributed by atoms with Crippen LogP contribution in [0.3, 0.4) is 0 Å². The van der Waals surface area contributed by atoms with Crippen LogP contribution in [0.5, 0.6) is 0 Å². The molecule has 2 aromatic heterocycles. The van der Waals surface area contributed by atoms with Gasteiger partial charge < -0.3 is 9.77 Å². The van der Waals surface area contributed by atoms with Crippen molar-refractivity contribution < 1.29 is 5.21 Å². The Labute approximate surface area is 139 Å². The highest BCUT2D eigenvalue weighted by Crippen LogP contribution is 2.05. The molecule has 2 aromatic rings. The Hall–Kier alpha value is -2.64. The molecule has 1 N–H and O–H groups in total. The number of nitrogens with zero attached hydrogens (tertiary/aromatic N) is 5. The normalized spacial score (nSPS) is 11.4. The SMILES string of the molecule is Cc1cc(=O)n(C)c(=O)n1CCCCCCn1ccnc1/C=N/O. The van der Waals surface area contributed by atoms with Gasteiger partial charge in [-0.1, -0.05) is 18.0 Å². The van der Waals surface area contributed by atoms with Gasteiger partial charge in [-0.3, -0.25) is 13.9 Å². The topological polar surface area (TPSA) is 94.4 Å². The predicted molar refractivity (Wildman–Crippen MR) is 90.8 cm³/mol. The van der Waals surface area contributed by atoms with Gasteiger partial charge in [0.15, 0.2) is 5.82 Å². The van der Waals surface area contributed by atoms with E-state index in [4.69, 9.17) is 5.21 Å². The fourth-order valence-corrected chi connectivity index (χ4v) is 2.65. The van der Waals surface area contributed by atoms with E-state index in [1.54, 1.807) is 17.7 Å². The smallest absolute Gasteiger partial charge is 0.330 e. The standard InChI is InChI=1S/C16H23N5O3/c1-13-11-15(22)19(2)16(23)21(13)9-6-4-3-5-8-20-10-7-17-14(20)12-18-24/h7,10-12,24H,3-6,8-9H2,1-2H3/b18-12+. The molecule has 0 unspecified atom stereocenters. The summed E-state index contributed by atoms with van der Waals surface area (Å²) in [7, 11) is 1.50. The van der Waals surface area contributed by atoms with Crippen molar-refractivity contribution in [2.24, 2.45) is 12.2 Å². The number of unbranched alkanes of at least 4 members (excludes halogenated alkanes) is 3. The molecule has 130 valence electrons. The van der Waals surface area contributed by atoms with E-state index in [-0.39, 0.29) is 11.2 Å². The van der Waals surface area contributed by atoms with Crippen LogP contribution < -0.4 is 11.2 Å². The van der Waals surface area contributed by atoms with Crippen molar-refractivity contribution in [1.29, 1.82) is 0 Å². The van der Waals surface area contributed by atoms with Gasteiger partial charge in [0.25, 0.3) is 5.56 Å². The maximum absolute atomic E-state index is 12.1. The Kier molecular flexibility index (Phi) is 6.11. The highest BCUT2D eigenvalue weighted by molar-refractivity contribution is 5.74. The highest BCUT2D eigenvalue weighted by Gasteiger charge is 2.05. The Morgan fingerprint density at radius 3 is 2.62 bits per heavy atom. The summed E-state index contributed by atoms with van der Waals surface area (Å²) in [5, 5.41) is 11.6. The van der Waals surface area contributed by atoms with E-state index in [2.05, 4.69) is 10.1 Å². The van der Waals surface area contributed by atoms with Crippen molar-refractivity contribution in [3.8, 4) is 0 Å². The molecule has 0 radical (unpaired) electrons. The van der Waals surface area contributed by atoms with Gasteiger partial charge in [-0.2, -0.15) is 0 Å². The van der Waals surface area contributed by atoms with E-state index < -0.39 is 0 Å². The molecule has 0 spiro atoms. The largest absolute Gasteiger partial charge is 0.411 e. The molecule has 0 bridgehead atoms. The van der Waals surface area contributed by atoms with E-state index in [1.807, 2.05) is 10.8 Å². The lowest BCUT2D eigenvalue weighted by Gasteiger charge is -2.11. The summed E-state index contributed by atoms with van der Waals surface area (Å²) in [5.41, 5.74) is 0.178. The average molecular weight is 333 g/mol. The van der Waals surface area contributed by atoms with Gasteiger partial charge in [0.2, 0.25) is 0 Å². The fourth-order valence-electron chi connectivity index (χ4n) is 2.65. The third-order valence-electron chi connectivity index (χ3n) is 4.06. The first-order valence-electron chi connectivity index (χ1n) is 8.00. The molecule has 2 heterocycles. The minimum absolute atomic E-state index is 0.258. The van der Waals surface area contributed by atoms with E-state index in [0.717, 1.165) is 36.8 Å². The van der Waals surface area contributed by atoms with Crippen LogP contribution in [0.4, 0.5) is 0 Å². The second kappa shape index (κ2) is 8.28. The van der Waals surface area contributed by atoms with Gasteiger partial charge in [0, 0.05) is 44.3 Å². The average Bonchev–Trinajstić information content (AvgIpc) is 2.99. The molecule has 2 rings (SSSR count). The first kappa shape index (κ1) is 17.7. The number of aromatic nitrogens is 4. The lowest BCUT2D eigenvalue weighted by Crippen LogP contribution is -2.38. The monoisotopic (exact) mass is 333 g/mol. The van der Waals surface area contributed by atoms with E-state index in [0.29, 0.717) is 18.1 Å². The Bertz CT molecular complexity index is 816. The minimum Gasteiger partial charge on any atom is -0.411 e. The summed E-state index contributed by atoms with van der Waals surface area (Å²) in [6, 6.07) is 1.49. The van der Waals surface area contributed by atoms with Gasteiger partial charge >= 0.3 is 5.69 Å². The van der Waals surface area contributed by atoms with Crippen LogP contribution in [0, 0.1) is 6.92 Å². The lowest BCUT2D eigenvalue weighted by molar-refractivity contribution is 0.321. The molecule has 8 heteroatoms. The first-order chi connectivity index (χ1) is 11.5. The van der Waals surface area contributed by atoms with Crippen molar-refractivity contribution in [3.63, 3.8) is 0 Å². The van der Waals surface area contributed by atoms with Crippen LogP contribution in [0.1, 0.15) is 37.2 Å². The molecule has 0 aliphatic rings. The third-order valence-corrected chi connectivity index (χ3v) is 4.06. The maximum atomic E-state index is 12.1. The Morgan fingerprint density at radius 1 is 1.21 bits per heavy atom. The van der Waals surface area contributed by atoms with Crippen LogP contribution >= 0.6 is 0 Å². The number of hydrogen-bond acceptors (Lipinski definition) is 5. The zero-order valence-electron chi connectivity index (χ0n) is 14.1. The molecule has 0 aromatic carbocycles. The second-order valence-electron chi connectivity index (χ2n) is 5.75. The zero-order chi connectivity index (χ0) is 17.5. The van der Waals surface area contributed by atoms with Crippen molar-refractivity contribution in [2.75, 3.05) is 0 Å².